The number of carbonyl (C=O) groups is 3. The van der Waals surface area contributed by atoms with Crippen LogP contribution in [0, 0.1) is 0 Å². The molecule has 0 aliphatic carbocycles. The number of carbonyl (C=O) groups excluding carboxylic acids is 3. The van der Waals surface area contributed by atoms with E-state index < -0.39 is 23.8 Å². The fourth-order valence-electron chi connectivity index (χ4n) is 4.41. The number of hydrogen-bond donors (Lipinski definition) is 5. The first-order valence-corrected chi connectivity index (χ1v) is 12.7. The lowest BCUT2D eigenvalue weighted by Crippen LogP contribution is -2.47. The van der Waals surface area contributed by atoms with Crippen molar-refractivity contribution in [1.29, 1.82) is 0 Å². The third kappa shape index (κ3) is 7.21. The SMILES string of the molecule is O=C(/C=C/c1ccccc1)N[C@H](CNC(=O)c1ccccc1O)[C@@H](c1ccccc1)c1ccc(C(=O)NO)cc1. The molecule has 40 heavy (non-hydrogen) atoms. The lowest BCUT2D eigenvalue weighted by Gasteiger charge is -2.29. The molecule has 0 unspecified atom stereocenters. The minimum absolute atomic E-state index is 0.0382. The Kier molecular flexibility index (Phi) is 9.42. The smallest absolute Gasteiger partial charge is 0.274 e. The second kappa shape index (κ2) is 13.5. The van der Waals surface area contributed by atoms with Gasteiger partial charge in [-0.25, -0.2) is 5.48 Å². The molecule has 202 valence electrons. The van der Waals surface area contributed by atoms with Gasteiger partial charge in [-0.1, -0.05) is 84.9 Å². The molecular formula is C32H29N3O5. The number of aromatic hydroxyl groups is 1. The van der Waals surface area contributed by atoms with Gasteiger partial charge in [0.15, 0.2) is 0 Å². The van der Waals surface area contributed by atoms with E-state index in [1.54, 1.807) is 48.0 Å². The van der Waals surface area contributed by atoms with Gasteiger partial charge < -0.3 is 15.7 Å². The molecule has 4 aromatic rings. The van der Waals surface area contributed by atoms with E-state index in [0.29, 0.717) is 0 Å². The zero-order chi connectivity index (χ0) is 28.3. The molecule has 8 heteroatoms. The number of phenols is 1. The lowest BCUT2D eigenvalue weighted by atomic mass is 9.84. The average Bonchev–Trinajstić information content (AvgIpc) is 3.00. The summed E-state index contributed by atoms with van der Waals surface area (Å²) in [7, 11) is 0. The van der Waals surface area contributed by atoms with E-state index >= 15 is 0 Å². The minimum atomic E-state index is -0.645. The summed E-state index contributed by atoms with van der Waals surface area (Å²) < 4.78 is 0. The highest BCUT2D eigenvalue weighted by Crippen LogP contribution is 2.29. The van der Waals surface area contributed by atoms with E-state index in [-0.39, 0.29) is 29.3 Å². The van der Waals surface area contributed by atoms with Crippen molar-refractivity contribution in [3.05, 3.63) is 143 Å². The number of benzene rings is 4. The first-order valence-electron chi connectivity index (χ1n) is 12.7. The van der Waals surface area contributed by atoms with Gasteiger partial charge in [0.05, 0.1) is 11.6 Å². The number of hydroxylamine groups is 1. The van der Waals surface area contributed by atoms with Gasteiger partial charge in [-0.15, -0.1) is 0 Å². The van der Waals surface area contributed by atoms with Crippen LogP contribution in [0.1, 0.15) is 43.3 Å². The molecule has 0 spiro atoms. The molecule has 5 N–H and O–H groups in total. The molecule has 0 radical (unpaired) electrons. The first kappa shape index (κ1) is 27.8. The maximum absolute atomic E-state index is 13.1. The minimum Gasteiger partial charge on any atom is -0.507 e. The molecular weight excluding hydrogens is 506 g/mol. The highest BCUT2D eigenvalue weighted by molar-refractivity contribution is 5.97. The molecule has 8 nitrogen and oxygen atoms in total. The van der Waals surface area contributed by atoms with Gasteiger partial charge in [0.1, 0.15) is 5.75 Å². The van der Waals surface area contributed by atoms with Gasteiger partial charge in [0.2, 0.25) is 5.91 Å². The number of para-hydroxylation sites is 1. The lowest BCUT2D eigenvalue weighted by molar-refractivity contribution is -0.117. The van der Waals surface area contributed by atoms with E-state index in [0.717, 1.165) is 16.7 Å². The topological polar surface area (TPSA) is 128 Å². The Labute approximate surface area is 232 Å². The molecule has 2 atom stereocenters. The summed E-state index contributed by atoms with van der Waals surface area (Å²) in [5.41, 5.74) is 4.50. The predicted molar refractivity (Wildman–Crippen MR) is 152 cm³/mol. The van der Waals surface area contributed by atoms with Crippen LogP contribution < -0.4 is 16.1 Å². The van der Waals surface area contributed by atoms with Crippen LogP contribution in [-0.2, 0) is 4.79 Å². The highest BCUT2D eigenvalue weighted by Gasteiger charge is 2.27. The maximum Gasteiger partial charge on any atom is 0.274 e. The summed E-state index contributed by atoms with van der Waals surface area (Å²) in [6, 6.07) is 31.1. The summed E-state index contributed by atoms with van der Waals surface area (Å²) in [6.45, 7) is 0.0382. The fraction of sp³-hybridized carbons (Fsp3) is 0.0938. The summed E-state index contributed by atoms with van der Waals surface area (Å²) >= 11 is 0. The Balaban J connectivity index is 1.67. The molecule has 0 saturated carbocycles. The average molecular weight is 536 g/mol. The molecule has 0 aromatic heterocycles. The Morgan fingerprint density at radius 3 is 1.98 bits per heavy atom. The van der Waals surface area contributed by atoms with E-state index in [4.69, 9.17) is 5.21 Å². The fourth-order valence-corrected chi connectivity index (χ4v) is 4.41. The third-order valence-electron chi connectivity index (χ3n) is 6.38. The van der Waals surface area contributed by atoms with Crippen LogP contribution in [-0.4, -0.2) is 40.6 Å². The van der Waals surface area contributed by atoms with Crippen molar-refractivity contribution in [2.45, 2.75) is 12.0 Å². The molecule has 0 saturated heterocycles. The second-order valence-electron chi connectivity index (χ2n) is 9.04. The van der Waals surface area contributed by atoms with Gasteiger partial charge in [0, 0.05) is 24.1 Å². The van der Waals surface area contributed by atoms with Crippen LogP contribution in [0.2, 0.25) is 0 Å². The molecule has 0 heterocycles. The number of amides is 3. The Morgan fingerprint density at radius 2 is 1.32 bits per heavy atom. The summed E-state index contributed by atoms with van der Waals surface area (Å²) in [5, 5.41) is 25.0. The van der Waals surface area contributed by atoms with E-state index in [2.05, 4.69) is 10.6 Å². The van der Waals surface area contributed by atoms with Gasteiger partial charge in [-0.05, 0) is 47.0 Å². The number of hydrogen-bond acceptors (Lipinski definition) is 5. The first-order chi connectivity index (χ1) is 19.5. The van der Waals surface area contributed by atoms with Gasteiger partial charge in [0.25, 0.3) is 11.8 Å². The molecule has 3 amide bonds. The molecule has 0 aliphatic rings. The molecule has 4 aromatic carbocycles. The predicted octanol–water partition coefficient (Wildman–Crippen LogP) is 4.27. The van der Waals surface area contributed by atoms with Crippen LogP contribution in [0.5, 0.6) is 5.75 Å². The molecule has 0 fully saturated rings. The van der Waals surface area contributed by atoms with Crippen LogP contribution in [0.3, 0.4) is 0 Å². The molecule has 0 bridgehead atoms. The van der Waals surface area contributed by atoms with E-state index in [9.17, 15) is 19.5 Å². The van der Waals surface area contributed by atoms with Crippen molar-refractivity contribution in [3.8, 4) is 5.75 Å². The van der Waals surface area contributed by atoms with Crippen molar-refractivity contribution >= 4 is 23.8 Å². The quantitative estimate of drug-likeness (QED) is 0.118. The van der Waals surface area contributed by atoms with Gasteiger partial charge in [-0.3, -0.25) is 19.6 Å². The maximum atomic E-state index is 13.1. The summed E-state index contributed by atoms with van der Waals surface area (Å²) in [6.07, 6.45) is 3.14. The van der Waals surface area contributed by atoms with Gasteiger partial charge in [-0.2, -0.15) is 0 Å². The zero-order valence-corrected chi connectivity index (χ0v) is 21.5. The van der Waals surface area contributed by atoms with Crippen molar-refractivity contribution < 1.29 is 24.7 Å². The van der Waals surface area contributed by atoms with Gasteiger partial charge >= 0.3 is 0 Å². The van der Waals surface area contributed by atoms with Crippen molar-refractivity contribution in [3.63, 3.8) is 0 Å². The van der Waals surface area contributed by atoms with Crippen LogP contribution in [0.15, 0.2) is 115 Å². The Bertz CT molecular complexity index is 1470. The largest absolute Gasteiger partial charge is 0.507 e. The second-order valence-corrected chi connectivity index (χ2v) is 9.04. The normalized spacial score (nSPS) is 12.3. The van der Waals surface area contributed by atoms with E-state index in [1.165, 1.54) is 18.2 Å². The molecule has 4 rings (SSSR count). The zero-order valence-electron chi connectivity index (χ0n) is 21.5. The third-order valence-corrected chi connectivity index (χ3v) is 6.38. The van der Waals surface area contributed by atoms with Crippen molar-refractivity contribution in [2.75, 3.05) is 6.54 Å². The van der Waals surface area contributed by atoms with Crippen LogP contribution >= 0.6 is 0 Å². The monoisotopic (exact) mass is 535 g/mol. The Hall–Kier alpha value is -5.21. The number of phenolic OH excluding ortho intramolecular Hbond substituents is 1. The van der Waals surface area contributed by atoms with Crippen LogP contribution in [0.25, 0.3) is 6.08 Å². The van der Waals surface area contributed by atoms with Crippen LogP contribution in [0.4, 0.5) is 0 Å². The van der Waals surface area contributed by atoms with Crippen molar-refractivity contribution in [1.82, 2.24) is 16.1 Å². The Morgan fingerprint density at radius 1 is 0.725 bits per heavy atom. The van der Waals surface area contributed by atoms with Crippen molar-refractivity contribution in [2.24, 2.45) is 0 Å². The summed E-state index contributed by atoms with van der Waals surface area (Å²) in [5.74, 6) is -2.06. The summed E-state index contributed by atoms with van der Waals surface area (Å²) in [4.78, 5) is 37.9. The number of nitrogens with one attached hydrogen (secondary N) is 3. The molecule has 0 aliphatic heterocycles. The highest BCUT2D eigenvalue weighted by atomic mass is 16.5. The standard InChI is InChI=1S/C32H29N3O5/c36-28-14-8-7-13-26(28)32(39)33-21-27(34-29(37)20-15-22-9-3-1-4-10-22)30(23-11-5-2-6-12-23)24-16-18-25(19-17-24)31(38)35-40/h1-20,27,30,36,40H,21H2,(H,33,39)(H,34,37)(H,35,38)/b20-15+/t27-,30+/m1/s1. The number of rotatable bonds is 10. The van der Waals surface area contributed by atoms with E-state index in [1.807, 2.05) is 60.7 Å².